The van der Waals surface area contributed by atoms with Crippen molar-refractivity contribution in [1.29, 1.82) is 0 Å². The first-order chi connectivity index (χ1) is 11.0. The molecule has 23 heavy (non-hydrogen) atoms. The number of aryl methyl sites for hydroxylation is 2. The summed E-state index contributed by atoms with van der Waals surface area (Å²) in [4.78, 5) is 10.3. The normalized spacial score (nSPS) is 24.4. The van der Waals surface area contributed by atoms with Gasteiger partial charge in [-0.15, -0.1) is 11.3 Å². The molecule has 0 aromatic carbocycles. The molecule has 0 saturated heterocycles. The van der Waals surface area contributed by atoms with Crippen LogP contribution in [-0.4, -0.2) is 45.7 Å². The van der Waals surface area contributed by atoms with Crippen molar-refractivity contribution in [3.63, 3.8) is 0 Å². The minimum atomic E-state index is -0.603. The molecule has 1 aromatic rings. The first kappa shape index (κ1) is 18.5. The number of guanidine groups is 1. The number of thiazole rings is 1. The minimum absolute atomic E-state index is 0.342. The molecule has 5 nitrogen and oxygen atoms in total. The molecular weight excluding hydrogens is 328 g/mol. The van der Waals surface area contributed by atoms with E-state index in [4.69, 9.17) is 0 Å². The highest BCUT2D eigenvalue weighted by Crippen LogP contribution is 2.40. The van der Waals surface area contributed by atoms with Crippen molar-refractivity contribution in [1.82, 2.24) is 15.6 Å². The first-order valence-corrected chi connectivity index (χ1v) is 10.1. The van der Waals surface area contributed by atoms with Gasteiger partial charge >= 0.3 is 0 Å². The fraction of sp³-hybridized carbons (Fsp3) is 0.750. The SMILES string of the molecule is CCNC(=NCc1sc(C)nc1C)NCC1(O)CCC1SCC. The quantitative estimate of drug-likeness (QED) is 0.517. The summed E-state index contributed by atoms with van der Waals surface area (Å²) in [5.74, 6) is 1.81. The average molecular weight is 357 g/mol. The zero-order valence-electron chi connectivity index (χ0n) is 14.5. The summed E-state index contributed by atoms with van der Waals surface area (Å²) in [6, 6.07) is 0. The third kappa shape index (κ3) is 4.84. The number of rotatable bonds is 7. The maximum atomic E-state index is 10.7. The molecule has 2 unspecified atom stereocenters. The van der Waals surface area contributed by atoms with Crippen LogP contribution in [0.2, 0.25) is 0 Å². The van der Waals surface area contributed by atoms with E-state index in [1.54, 1.807) is 11.3 Å². The fourth-order valence-electron chi connectivity index (χ4n) is 2.69. The van der Waals surface area contributed by atoms with Crippen LogP contribution in [0.3, 0.4) is 0 Å². The fourth-order valence-corrected chi connectivity index (χ4v) is 4.75. The highest BCUT2D eigenvalue weighted by molar-refractivity contribution is 8.00. The average Bonchev–Trinajstić information content (AvgIpc) is 2.84. The molecule has 2 rings (SSSR count). The van der Waals surface area contributed by atoms with Crippen molar-refractivity contribution in [2.75, 3.05) is 18.8 Å². The lowest BCUT2D eigenvalue weighted by Gasteiger charge is -2.45. The lowest BCUT2D eigenvalue weighted by atomic mass is 9.79. The van der Waals surface area contributed by atoms with Crippen LogP contribution in [0.5, 0.6) is 0 Å². The predicted molar refractivity (Wildman–Crippen MR) is 101 cm³/mol. The first-order valence-electron chi connectivity index (χ1n) is 8.27. The van der Waals surface area contributed by atoms with Gasteiger partial charge in [-0.1, -0.05) is 6.92 Å². The Morgan fingerprint density at radius 2 is 2.22 bits per heavy atom. The van der Waals surface area contributed by atoms with Crippen LogP contribution in [0.15, 0.2) is 4.99 Å². The maximum absolute atomic E-state index is 10.7. The van der Waals surface area contributed by atoms with E-state index < -0.39 is 5.60 Å². The lowest BCUT2D eigenvalue weighted by molar-refractivity contribution is -0.0198. The molecule has 130 valence electrons. The summed E-state index contributed by atoms with van der Waals surface area (Å²) in [5, 5.41) is 18.7. The van der Waals surface area contributed by atoms with Gasteiger partial charge in [-0.05, 0) is 39.4 Å². The Morgan fingerprint density at radius 1 is 1.43 bits per heavy atom. The summed E-state index contributed by atoms with van der Waals surface area (Å²) >= 11 is 3.54. The van der Waals surface area contributed by atoms with Crippen LogP contribution in [0.25, 0.3) is 0 Å². The minimum Gasteiger partial charge on any atom is -0.387 e. The predicted octanol–water partition coefficient (Wildman–Crippen LogP) is 2.46. The van der Waals surface area contributed by atoms with Crippen molar-refractivity contribution in [2.45, 2.75) is 57.9 Å². The van der Waals surface area contributed by atoms with Crippen molar-refractivity contribution in [3.8, 4) is 0 Å². The molecule has 0 aliphatic heterocycles. The molecule has 0 spiro atoms. The third-order valence-corrected chi connectivity index (χ3v) is 6.56. The van der Waals surface area contributed by atoms with Crippen LogP contribution in [0.4, 0.5) is 0 Å². The Labute approximate surface area is 147 Å². The van der Waals surface area contributed by atoms with Gasteiger partial charge in [-0.3, -0.25) is 0 Å². The van der Waals surface area contributed by atoms with Crippen LogP contribution >= 0.6 is 23.1 Å². The monoisotopic (exact) mass is 356 g/mol. The van der Waals surface area contributed by atoms with E-state index in [2.05, 4.69) is 27.5 Å². The van der Waals surface area contributed by atoms with E-state index in [0.717, 1.165) is 41.8 Å². The number of aliphatic imine (C=N–C) groups is 1. The van der Waals surface area contributed by atoms with Crippen molar-refractivity contribution in [2.24, 2.45) is 4.99 Å². The molecule has 1 heterocycles. The molecule has 2 atom stereocenters. The number of nitrogens with one attached hydrogen (secondary N) is 2. The number of hydrogen-bond donors (Lipinski definition) is 3. The van der Waals surface area contributed by atoms with Crippen molar-refractivity contribution >= 4 is 29.1 Å². The molecule has 1 saturated carbocycles. The van der Waals surface area contributed by atoms with Gasteiger partial charge < -0.3 is 15.7 Å². The number of aliphatic hydroxyl groups is 1. The Kier molecular flexibility index (Phi) is 6.73. The molecule has 1 fully saturated rings. The molecule has 1 aliphatic rings. The highest BCUT2D eigenvalue weighted by atomic mass is 32.2. The summed E-state index contributed by atoms with van der Waals surface area (Å²) in [5.41, 5.74) is 0.456. The van der Waals surface area contributed by atoms with E-state index >= 15 is 0 Å². The van der Waals surface area contributed by atoms with E-state index in [0.29, 0.717) is 18.3 Å². The summed E-state index contributed by atoms with van der Waals surface area (Å²) < 4.78 is 0. The summed E-state index contributed by atoms with van der Waals surface area (Å²) in [6.45, 7) is 10.2. The third-order valence-electron chi connectivity index (χ3n) is 4.09. The van der Waals surface area contributed by atoms with Gasteiger partial charge in [-0.25, -0.2) is 9.98 Å². The van der Waals surface area contributed by atoms with Crippen LogP contribution in [0, 0.1) is 13.8 Å². The van der Waals surface area contributed by atoms with Crippen molar-refractivity contribution in [3.05, 3.63) is 15.6 Å². The highest BCUT2D eigenvalue weighted by Gasteiger charge is 2.45. The van der Waals surface area contributed by atoms with E-state index in [1.807, 2.05) is 32.5 Å². The molecular formula is C16H28N4OS2. The molecule has 7 heteroatoms. The zero-order valence-corrected chi connectivity index (χ0v) is 16.1. The molecule has 0 amide bonds. The van der Waals surface area contributed by atoms with Gasteiger partial charge in [0.05, 0.1) is 22.8 Å². The van der Waals surface area contributed by atoms with E-state index in [-0.39, 0.29) is 0 Å². The number of thioether (sulfide) groups is 1. The van der Waals surface area contributed by atoms with Gasteiger partial charge in [0.15, 0.2) is 5.96 Å². The number of aromatic nitrogens is 1. The summed E-state index contributed by atoms with van der Waals surface area (Å²) in [6.07, 6.45) is 1.97. The van der Waals surface area contributed by atoms with Crippen molar-refractivity contribution < 1.29 is 5.11 Å². The van der Waals surface area contributed by atoms with Crippen LogP contribution < -0.4 is 10.6 Å². The van der Waals surface area contributed by atoms with E-state index in [1.165, 1.54) is 4.88 Å². The van der Waals surface area contributed by atoms with Crippen LogP contribution in [0.1, 0.15) is 42.3 Å². The van der Waals surface area contributed by atoms with Gasteiger partial charge in [0.2, 0.25) is 0 Å². The Hall–Kier alpha value is -0.790. The van der Waals surface area contributed by atoms with Crippen LogP contribution in [-0.2, 0) is 6.54 Å². The van der Waals surface area contributed by atoms with Gasteiger partial charge in [0.1, 0.15) is 0 Å². The number of nitrogens with zero attached hydrogens (tertiary/aromatic N) is 2. The standard InChI is InChI=1S/C16H28N4OS2/c1-5-17-15(18-9-13-11(3)20-12(4)23-13)19-10-16(21)8-7-14(16)22-6-2/h14,21H,5-10H2,1-4H3,(H2,17,18,19). The second-order valence-electron chi connectivity index (χ2n) is 5.88. The van der Waals surface area contributed by atoms with Gasteiger partial charge in [0.25, 0.3) is 0 Å². The lowest BCUT2D eigenvalue weighted by Crippen LogP contribution is -2.58. The zero-order chi connectivity index (χ0) is 16.9. The Bertz CT molecular complexity index is 546. The van der Waals surface area contributed by atoms with Gasteiger partial charge in [0, 0.05) is 23.2 Å². The Morgan fingerprint density at radius 3 is 2.74 bits per heavy atom. The Balaban J connectivity index is 1.93. The van der Waals surface area contributed by atoms with Gasteiger partial charge in [-0.2, -0.15) is 11.8 Å². The molecule has 3 N–H and O–H groups in total. The number of hydrogen-bond acceptors (Lipinski definition) is 5. The largest absolute Gasteiger partial charge is 0.387 e. The molecule has 0 bridgehead atoms. The molecule has 0 radical (unpaired) electrons. The molecule has 1 aromatic heterocycles. The summed E-state index contributed by atoms with van der Waals surface area (Å²) in [7, 11) is 0. The molecule has 1 aliphatic carbocycles. The van der Waals surface area contributed by atoms with E-state index in [9.17, 15) is 5.11 Å². The maximum Gasteiger partial charge on any atom is 0.191 e. The topological polar surface area (TPSA) is 69.5 Å². The second-order valence-corrected chi connectivity index (χ2v) is 8.64. The smallest absolute Gasteiger partial charge is 0.191 e. The second kappa shape index (κ2) is 8.35.